The van der Waals surface area contributed by atoms with Gasteiger partial charge in [-0.3, -0.25) is 4.68 Å². The molecular weight excluding hydrogens is 274 g/mol. The Labute approximate surface area is 104 Å². The van der Waals surface area contributed by atoms with Gasteiger partial charge in [-0.2, -0.15) is 16.9 Å². The van der Waals surface area contributed by atoms with Gasteiger partial charge in [-0.15, -0.1) is 0 Å². The number of aromatic nitrogens is 2. The fourth-order valence-corrected chi connectivity index (χ4v) is 3.11. The highest BCUT2D eigenvalue weighted by Gasteiger charge is 2.11. The first-order chi connectivity index (χ1) is 7.06. The summed E-state index contributed by atoms with van der Waals surface area (Å²) in [6.07, 6.45) is 1.07. The number of aryl methyl sites for hydroxylation is 2. The van der Waals surface area contributed by atoms with E-state index in [4.69, 9.17) is 5.73 Å². The number of hydrogen-bond acceptors (Lipinski definition) is 3. The molecule has 15 heavy (non-hydrogen) atoms. The van der Waals surface area contributed by atoms with Crippen LogP contribution in [0.1, 0.15) is 24.7 Å². The van der Waals surface area contributed by atoms with Gasteiger partial charge in [0.1, 0.15) is 0 Å². The van der Waals surface area contributed by atoms with Gasteiger partial charge in [-0.05, 0) is 35.8 Å². The smallest absolute Gasteiger partial charge is 0.0738 e. The SMILES string of the molecule is Cc1nn(C)c(CSC(C)CCN)c1Br. The second kappa shape index (κ2) is 5.92. The zero-order valence-corrected chi connectivity index (χ0v) is 11.9. The van der Waals surface area contributed by atoms with Crippen molar-refractivity contribution in [1.29, 1.82) is 0 Å². The summed E-state index contributed by atoms with van der Waals surface area (Å²) in [5.74, 6) is 0.985. The lowest BCUT2D eigenvalue weighted by Crippen LogP contribution is -2.08. The van der Waals surface area contributed by atoms with E-state index in [1.807, 2.05) is 30.4 Å². The van der Waals surface area contributed by atoms with E-state index < -0.39 is 0 Å². The van der Waals surface area contributed by atoms with E-state index in [2.05, 4.69) is 28.0 Å². The molecule has 1 heterocycles. The fourth-order valence-electron chi connectivity index (χ4n) is 1.38. The van der Waals surface area contributed by atoms with Crippen molar-refractivity contribution >= 4 is 27.7 Å². The van der Waals surface area contributed by atoms with Gasteiger partial charge in [0.05, 0.1) is 15.9 Å². The maximum Gasteiger partial charge on any atom is 0.0738 e. The van der Waals surface area contributed by atoms with Crippen LogP contribution < -0.4 is 5.73 Å². The summed E-state index contributed by atoms with van der Waals surface area (Å²) in [6.45, 7) is 5.00. The van der Waals surface area contributed by atoms with Gasteiger partial charge in [0, 0.05) is 18.1 Å². The van der Waals surface area contributed by atoms with Crippen LogP contribution in [0.3, 0.4) is 0 Å². The van der Waals surface area contributed by atoms with Crippen LogP contribution in [0.2, 0.25) is 0 Å². The van der Waals surface area contributed by atoms with E-state index in [9.17, 15) is 0 Å². The molecular formula is C10H18BrN3S. The topological polar surface area (TPSA) is 43.8 Å². The first-order valence-corrected chi connectivity index (χ1v) is 6.90. The lowest BCUT2D eigenvalue weighted by Gasteiger charge is -2.09. The monoisotopic (exact) mass is 291 g/mol. The Kier molecular flexibility index (Phi) is 5.15. The lowest BCUT2D eigenvalue weighted by molar-refractivity contribution is 0.726. The number of hydrogen-bond donors (Lipinski definition) is 1. The Balaban J connectivity index is 2.57. The van der Waals surface area contributed by atoms with E-state index in [0.29, 0.717) is 5.25 Å². The predicted octanol–water partition coefficient (Wildman–Crippen LogP) is 2.46. The van der Waals surface area contributed by atoms with Gasteiger partial charge in [0.2, 0.25) is 0 Å². The second-order valence-electron chi connectivity index (χ2n) is 3.67. The average molecular weight is 292 g/mol. The van der Waals surface area contributed by atoms with Crippen LogP contribution in [0.15, 0.2) is 4.47 Å². The van der Waals surface area contributed by atoms with E-state index in [1.54, 1.807) is 0 Å². The van der Waals surface area contributed by atoms with Crippen molar-refractivity contribution in [2.24, 2.45) is 12.8 Å². The highest BCUT2D eigenvalue weighted by atomic mass is 79.9. The molecule has 3 nitrogen and oxygen atoms in total. The normalized spacial score (nSPS) is 13.1. The molecule has 0 aliphatic carbocycles. The van der Waals surface area contributed by atoms with E-state index in [0.717, 1.165) is 28.9 Å². The highest BCUT2D eigenvalue weighted by molar-refractivity contribution is 9.10. The first-order valence-electron chi connectivity index (χ1n) is 5.06. The third kappa shape index (κ3) is 3.50. The molecule has 1 unspecified atom stereocenters. The summed E-state index contributed by atoms with van der Waals surface area (Å²) in [6, 6.07) is 0. The summed E-state index contributed by atoms with van der Waals surface area (Å²) in [5, 5.41) is 4.97. The third-order valence-corrected chi connectivity index (χ3v) is 4.62. The lowest BCUT2D eigenvalue weighted by atomic mass is 10.3. The Morgan fingerprint density at radius 3 is 2.73 bits per heavy atom. The molecule has 0 saturated carbocycles. The van der Waals surface area contributed by atoms with E-state index >= 15 is 0 Å². The number of rotatable bonds is 5. The molecule has 0 fully saturated rings. The van der Waals surface area contributed by atoms with Gasteiger partial charge in [0.15, 0.2) is 0 Å². The molecule has 0 aromatic carbocycles. The van der Waals surface area contributed by atoms with Crippen LogP contribution in [0.5, 0.6) is 0 Å². The van der Waals surface area contributed by atoms with Crippen molar-refractivity contribution in [3.63, 3.8) is 0 Å². The third-order valence-electron chi connectivity index (χ3n) is 2.34. The molecule has 1 atom stereocenters. The van der Waals surface area contributed by atoms with Gasteiger partial charge >= 0.3 is 0 Å². The van der Waals surface area contributed by atoms with Crippen LogP contribution in [0.25, 0.3) is 0 Å². The van der Waals surface area contributed by atoms with Gasteiger partial charge in [-0.1, -0.05) is 6.92 Å². The molecule has 0 spiro atoms. The van der Waals surface area contributed by atoms with Gasteiger partial charge in [-0.25, -0.2) is 0 Å². The molecule has 2 N–H and O–H groups in total. The summed E-state index contributed by atoms with van der Waals surface area (Å²) in [5.41, 5.74) is 7.83. The molecule has 0 aliphatic heterocycles. The maximum atomic E-state index is 5.52. The molecule has 0 radical (unpaired) electrons. The van der Waals surface area contributed by atoms with E-state index in [1.165, 1.54) is 5.69 Å². The number of nitrogens with zero attached hydrogens (tertiary/aromatic N) is 2. The molecule has 0 aliphatic rings. The zero-order chi connectivity index (χ0) is 11.4. The average Bonchev–Trinajstić information content (AvgIpc) is 2.40. The van der Waals surface area contributed by atoms with Crippen molar-refractivity contribution in [3.05, 3.63) is 15.9 Å². The van der Waals surface area contributed by atoms with Crippen molar-refractivity contribution < 1.29 is 0 Å². The molecule has 1 aromatic rings. The first kappa shape index (κ1) is 13.1. The van der Waals surface area contributed by atoms with Crippen LogP contribution in [-0.2, 0) is 12.8 Å². The van der Waals surface area contributed by atoms with Crippen LogP contribution in [0, 0.1) is 6.92 Å². The summed E-state index contributed by atoms with van der Waals surface area (Å²) >= 11 is 5.49. The molecule has 1 aromatic heterocycles. The number of halogens is 1. The molecule has 0 saturated heterocycles. The highest BCUT2D eigenvalue weighted by Crippen LogP contribution is 2.26. The minimum atomic E-state index is 0.608. The Hall–Kier alpha value is -0.0000000000000000555. The Morgan fingerprint density at radius 1 is 1.60 bits per heavy atom. The van der Waals surface area contributed by atoms with Gasteiger partial charge < -0.3 is 5.73 Å². The second-order valence-corrected chi connectivity index (χ2v) is 5.89. The predicted molar refractivity (Wildman–Crippen MR) is 70.1 cm³/mol. The maximum absolute atomic E-state index is 5.52. The van der Waals surface area contributed by atoms with Crippen LogP contribution in [0.4, 0.5) is 0 Å². The Bertz CT molecular complexity index is 325. The minimum Gasteiger partial charge on any atom is -0.330 e. The molecule has 86 valence electrons. The van der Waals surface area contributed by atoms with Crippen LogP contribution >= 0.6 is 27.7 Å². The molecule has 1 rings (SSSR count). The Morgan fingerprint density at radius 2 is 2.27 bits per heavy atom. The zero-order valence-electron chi connectivity index (χ0n) is 9.46. The molecule has 0 amide bonds. The van der Waals surface area contributed by atoms with Crippen LogP contribution in [-0.4, -0.2) is 21.6 Å². The molecule has 5 heteroatoms. The van der Waals surface area contributed by atoms with Crippen molar-refractivity contribution in [2.45, 2.75) is 31.3 Å². The fraction of sp³-hybridized carbons (Fsp3) is 0.700. The summed E-state index contributed by atoms with van der Waals surface area (Å²) in [4.78, 5) is 0. The quantitative estimate of drug-likeness (QED) is 0.906. The number of thioether (sulfide) groups is 1. The van der Waals surface area contributed by atoms with Gasteiger partial charge in [0.25, 0.3) is 0 Å². The minimum absolute atomic E-state index is 0.608. The molecule has 0 bridgehead atoms. The van der Waals surface area contributed by atoms with Crippen molar-refractivity contribution in [1.82, 2.24) is 9.78 Å². The van der Waals surface area contributed by atoms with E-state index in [-0.39, 0.29) is 0 Å². The summed E-state index contributed by atoms with van der Waals surface area (Å²) < 4.78 is 3.08. The summed E-state index contributed by atoms with van der Waals surface area (Å²) in [7, 11) is 1.99. The standard InChI is InChI=1S/C10H18BrN3S/c1-7(4-5-12)15-6-9-10(11)8(2)13-14(9)3/h7H,4-6,12H2,1-3H3. The largest absolute Gasteiger partial charge is 0.330 e. The van der Waals surface area contributed by atoms with Crippen molar-refractivity contribution in [2.75, 3.05) is 6.54 Å². The van der Waals surface area contributed by atoms with Crippen molar-refractivity contribution in [3.8, 4) is 0 Å². The number of nitrogens with two attached hydrogens (primary N) is 1.